The van der Waals surface area contributed by atoms with Crippen LogP contribution in [0.3, 0.4) is 0 Å². The van der Waals surface area contributed by atoms with Crippen LogP contribution in [0.1, 0.15) is 53.6 Å². The van der Waals surface area contributed by atoms with Crippen LogP contribution in [0.25, 0.3) is 0 Å². The molecule has 1 amide bonds. The van der Waals surface area contributed by atoms with E-state index in [1.165, 1.54) is 25.3 Å². The summed E-state index contributed by atoms with van der Waals surface area (Å²) in [5.41, 5.74) is -3.18. The lowest BCUT2D eigenvalue weighted by Crippen LogP contribution is -2.69. The van der Waals surface area contributed by atoms with Crippen molar-refractivity contribution < 1.29 is 32.2 Å². The highest BCUT2D eigenvalue weighted by Gasteiger charge is 2.64. The molecule has 0 bridgehead atoms. The van der Waals surface area contributed by atoms with Gasteiger partial charge in [0, 0.05) is 4.88 Å². The van der Waals surface area contributed by atoms with E-state index in [0.717, 1.165) is 29.7 Å². The molecule has 1 heterocycles. The number of thiophene rings is 1. The average Bonchev–Trinajstić information content (AvgIpc) is 3.17. The number of nitrogens with one attached hydrogen (secondary N) is 2. The summed E-state index contributed by atoms with van der Waals surface area (Å²) in [6, 6.07) is 7.66. The smallest absolute Gasteiger partial charge is 0.441 e. The standard InChI is InChI=1S/C25H28F3N3O4S/c1-23(2,3)14-10-11-15-17(13-29)21(36-19(15)12-14)31-24(22(33)35-5,25(26,27)28)30-20(32)16-8-6-7-9-18(16)34-4/h6-9,14,31H,10-12H2,1-5H3,(H,30,32). The Morgan fingerprint density at radius 2 is 1.83 bits per heavy atom. The number of esters is 1. The van der Waals surface area contributed by atoms with Crippen molar-refractivity contribution in [2.75, 3.05) is 19.5 Å². The summed E-state index contributed by atoms with van der Waals surface area (Å²) in [5, 5.41) is 13.6. The number of hydrogen-bond acceptors (Lipinski definition) is 7. The first-order valence-corrected chi connectivity index (χ1v) is 12.0. The molecule has 11 heteroatoms. The largest absolute Gasteiger partial charge is 0.496 e. The fourth-order valence-corrected chi connectivity index (χ4v) is 5.65. The Balaban J connectivity index is 2.09. The van der Waals surface area contributed by atoms with Gasteiger partial charge in [-0.05, 0) is 48.3 Å². The second-order valence-corrected chi connectivity index (χ2v) is 10.7. The predicted molar refractivity (Wildman–Crippen MR) is 129 cm³/mol. The van der Waals surface area contributed by atoms with Crippen LogP contribution in [-0.4, -0.2) is 37.9 Å². The molecule has 0 radical (unpaired) electrons. The van der Waals surface area contributed by atoms with Crippen molar-refractivity contribution in [3.63, 3.8) is 0 Å². The lowest BCUT2D eigenvalue weighted by atomic mass is 9.72. The maximum atomic E-state index is 14.6. The van der Waals surface area contributed by atoms with Gasteiger partial charge < -0.3 is 20.1 Å². The molecule has 1 aliphatic rings. The minimum Gasteiger partial charge on any atom is -0.496 e. The Morgan fingerprint density at radius 1 is 1.17 bits per heavy atom. The number of rotatable bonds is 6. The van der Waals surface area contributed by atoms with Crippen LogP contribution in [0, 0.1) is 22.7 Å². The van der Waals surface area contributed by atoms with Gasteiger partial charge in [0.15, 0.2) is 0 Å². The number of carbonyl (C=O) groups is 2. The summed E-state index contributed by atoms with van der Waals surface area (Å²) in [5.74, 6) is -2.69. The van der Waals surface area contributed by atoms with Gasteiger partial charge in [0.05, 0.1) is 25.3 Å². The second kappa shape index (κ2) is 10.0. The van der Waals surface area contributed by atoms with E-state index < -0.39 is 23.7 Å². The van der Waals surface area contributed by atoms with E-state index in [1.54, 1.807) is 11.4 Å². The van der Waals surface area contributed by atoms with Crippen molar-refractivity contribution in [3.05, 3.63) is 45.8 Å². The summed E-state index contributed by atoms with van der Waals surface area (Å²) >= 11 is 0.990. The van der Waals surface area contributed by atoms with Gasteiger partial charge in [-0.2, -0.15) is 18.4 Å². The molecule has 2 aromatic rings. The van der Waals surface area contributed by atoms with Crippen LogP contribution in [0.4, 0.5) is 18.2 Å². The van der Waals surface area contributed by atoms with Crippen LogP contribution in [0.5, 0.6) is 5.75 Å². The SMILES string of the molecule is COC(=O)C(NC(=O)c1ccccc1OC)(Nc1sc2c(c1C#N)CCC(C(C)(C)C)C2)C(F)(F)F. The molecule has 3 rings (SSSR count). The molecule has 1 aromatic heterocycles. The predicted octanol–water partition coefficient (Wildman–Crippen LogP) is 5.05. The van der Waals surface area contributed by atoms with E-state index in [2.05, 4.69) is 30.8 Å². The van der Waals surface area contributed by atoms with Crippen LogP contribution in [0.15, 0.2) is 24.3 Å². The summed E-state index contributed by atoms with van der Waals surface area (Å²) < 4.78 is 53.4. The molecule has 0 aliphatic heterocycles. The van der Waals surface area contributed by atoms with Gasteiger partial charge in [0.2, 0.25) is 0 Å². The quantitative estimate of drug-likeness (QED) is 0.406. The zero-order chi connectivity index (χ0) is 26.9. The lowest BCUT2D eigenvalue weighted by Gasteiger charge is -2.34. The molecule has 7 nitrogen and oxygen atoms in total. The Hall–Kier alpha value is -3.26. The van der Waals surface area contributed by atoms with Crippen molar-refractivity contribution in [1.29, 1.82) is 5.26 Å². The molecule has 1 aliphatic carbocycles. The maximum Gasteiger partial charge on any atom is 0.441 e. The number of methoxy groups -OCH3 is 2. The number of ether oxygens (including phenoxy) is 2. The van der Waals surface area contributed by atoms with Crippen molar-refractivity contribution in [3.8, 4) is 11.8 Å². The highest BCUT2D eigenvalue weighted by atomic mass is 32.1. The molecular formula is C25H28F3N3O4S. The summed E-state index contributed by atoms with van der Waals surface area (Å²) in [4.78, 5) is 26.5. The fraction of sp³-hybridized carbons (Fsp3) is 0.480. The second-order valence-electron chi connectivity index (χ2n) is 9.64. The first kappa shape index (κ1) is 27.3. The van der Waals surface area contributed by atoms with Crippen LogP contribution in [-0.2, 0) is 22.4 Å². The topological polar surface area (TPSA) is 100 Å². The molecule has 1 aromatic carbocycles. The molecule has 0 saturated heterocycles. The van der Waals surface area contributed by atoms with E-state index >= 15 is 0 Å². The number of hydrogen-bond donors (Lipinski definition) is 2. The van der Waals surface area contributed by atoms with Gasteiger partial charge in [0.25, 0.3) is 5.91 Å². The van der Waals surface area contributed by atoms with Gasteiger partial charge >= 0.3 is 17.8 Å². The molecule has 2 unspecified atom stereocenters. The summed E-state index contributed by atoms with van der Waals surface area (Å²) in [7, 11) is 2.06. The van der Waals surface area contributed by atoms with Gasteiger partial charge in [0.1, 0.15) is 16.8 Å². The molecule has 0 spiro atoms. The molecule has 0 saturated carbocycles. The monoisotopic (exact) mass is 523 g/mol. The Bertz CT molecular complexity index is 1200. The number of halogens is 3. The zero-order valence-corrected chi connectivity index (χ0v) is 21.4. The maximum absolute atomic E-state index is 14.6. The molecule has 2 N–H and O–H groups in total. The van der Waals surface area contributed by atoms with Gasteiger partial charge in [-0.1, -0.05) is 32.9 Å². The van der Waals surface area contributed by atoms with Crippen LogP contribution in [0.2, 0.25) is 0 Å². The summed E-state index contributed by atoms with van der Waals surface area (Å²) in [6.07, 6.45) is -3.41. The van der Waals surface area contributed by atoms with Crippen molar-refractivity contribution >= 4 is 28.2 Å². The Labute approximate surface area is 211 Å². The van der Waals surface area contributed by atoms with E-state index in [4.69, 9.17) is 4.74 Å². The lowest BCUT2D eigenvalue weighted by molar-refractivity contribution is -0.203. The van der Waals surface area contributed by atoms with Gasteiger partial charge in [-0.25, -0.2) is 4.79 Å². The number of anilines is 1. The highest BCUT2D eigenvalue weighted by molar-refractivity contribution is 7.16. The van der Waals surface area contributed by atoms with E-state index in [0.29, 0.717) is 18.4 Å². The molecule has 2 atom stereocenters. The zero-order valence-electron chi connectivity index (χ0n) is 20.6. The molecular weight excluding hydrogens is 495 g/mol. The van der Waals surface area contributed by atoms with Gasteiger partial charge in [-0.15, -0.1) is 11.3 Å². The van der Waals surface area contributed by atoms with Crippen molar-refractivity contribution in [2.24, 2.45) is 11.3 Å². The number of para-hydroxylation sites is 1. The number of nitrogens with zero attached hydrogens (tertiary/aromatic N) is 1. The van der Waals surface area contributed by atoms with E-state index in [9.17, 15) is 28.0 Å². The fourth-order valence-electron chi connectivity index (χ4n) is 4.32. The van der Waals surface area contributed by atoms with Crippen molar-refractivity contribution in [1.82, 2.24) is 5.32 Å². The third-order valence-electron chi connectivity index (χ3n) is 6.47. The number of alkyl halides is 3. The Morgan fingerprint density at radius 3 is 2.39 bits per heavy atom. The minimum atomic E-state index is -5.33. The Kier molecular flexibility index (Phi) is 7.60. The normalized spacial score (nSPS) is 17.2. The number of nitriles is 1. The third-order valence-corrected chi connectivity index (χ3v) is 7.64. The molecule has 194 valence electrons. The highest BCUT2D eigenvalue weighted by Crippen LogP contribution is 2.45. The van der Waals surface area contributed by atoms with E-state index in [1.807, 2.05) is 6.07 Å². The van der Waals surface area contributed by atoms with E-state index in [-0.39, 0.29) is 33.2 Å². The average molecular weight is 524 g/mol. The number of fused-ring (bicyclic) bond motifs is 1. The number of amides is 1. The number of benzene rings is 1. The van der Waals surface area contributed by atoms with Crippen LogP contribution >= 0.6 is 11.3 Å². The first-order valence-electron chi connectivity index (χ1n) is 11.2. The molecule has 36 heavy (non-hydrogen) atoms. The molecule has 0 fully saturated rings. The summed E-state index contributed by atoms with van der Waals surface area (Å²) in [6.45, 7) is 6.29. The van der Waals surface area contributed by atoms with Gasteiger partial charge in [-0.3, -0.25) is 4.79 Å². The third kappa shape index (κ3) is 5.00. The first-order chi connectivity index (χ1) is 16.8. The van der Waals surface area contributed by atoms with Crippen molar-refractivity contribution in [2.45, 2.75) is 51.9 Å². The number of carbonyl (C=O) groups excluding carboxylic acids is 2. The minimum absolute atomic E-state index is 0.0213. The van der Waals surface area contributed by atoms with Crippen LogP contribution < -0.4 is 15.4 Å².